The fourth-order valence-corrected chi connectivity index (χ4v) is 5.96. The first-order chi connectivity index (χ1) is 20.3. The first kappa shape index (κ1) is 30.4. The Hall–Kier alpha value is -4.05. The van der Waals surface area contributed by atoms with Crippen molar-refractivity contribution in [3.8, 4) is 0 Å². The molecule has 2 N–H and O–H groups in total. The Kier molecular flexibility index (Phi) is 8.17. The summed E-state index contributed by atoms with van der Waals surface area (Å²) in [7, 11) is 1.24. The van der Waals surface area contributed by atoms with Gasteiger partial charge < -0.3 is 20.1 Å². The number of alkyl halides is 6. The van der Waals surface area contributed by atoms with E-state index in [2.05, 4.69) is 20.1 Å². The molecular weight excluding hydrogens is 604 g/mol. The van der Waals surface area contributed by atoms with Gasteiger partial charge in [-0.05, 0) is 59.7 Å². The number of amidine groups is 1. The molecule has 2 aliphatic heterocycles. The van der Waals surface area contributed by atoms with Crippen molar-refractivity contribution in [1.82, 2.24) is 20.0 Å². The first-order valence-corrected chi connectivity index (χ1v) is 13.6. The molecule has 0 saturated carbocycles. The van der Waals surface area contributed by atoms with Crippen LogP contribution in [0.25, 0.3) is 17.0 Å². The van der Waals surface area contributed by atoms with Crippen molar-refractivity contribution in [1.29, 1.82) is 0 Å². The van der Waals surface area contributed by atoms with E-state index in [1.165, 1.54) is 18.0 Å². The molecule has 0 bridgehead atoms. The van der Waals surface area contributed by atoms with Crippen LogP contribution in [0, 0.1) is 0 Å². The van der Waals surface area contributed by atoms with Crippen molar-refractivity contribution in [3.63, 3.8) is 0 Å². The van der Waals surface area contributed by atoms with Crippen LogP contribution in [0.2, 0.25) is 0 Å². The van der Waals surface area contributed by atoms with Crippen LogP contribution in [-0.2, 0) is 28.4 Å². The average molecular weight is 628 g/mol. The summed E-state index contributed by atoms with van der Waals surface area (Å²) in [6.07, 6.45) is -7.12. The van der Waals surface area contributed by atoms with Crippen molar-refractivity contribution in [3.05, 3.63) is 69.8 Å². The number of methoxy groups -OCH3 is 1. The van der Waals surface area contributed by atoms with E-state index < -0.39 is 42.0 Å². The van der Waals surface area contributed by atoms with Gasteiger partial charge in [0.15, 0.2) is 5.17 Å². The molecule has 2 aliphatic rings. The highest BCUT2D eigenvalue weighted by molar-refractivity contribution is 8.18. The number of carbonyl (C=O) groups excluding carboxylic acids is 2. The Morgan fingerprint density at radius 2 is 1.93 bits per heavy atom. The van der Waals surface area contributed by atoms with Gasteiger partial charge in [0.1, 0.15) is 0 Å². The van der Waals surface area contributed by atoms with Crippen molar-refractivity contribution >= 4 is 45.9 Å². The van der Waals surface area contributed by atoms with Crippen LogP contribution in [0.1, 0.15) is 28.7 Å². The molecule has 5 rings (SSSR count). The fourth-order valence-electron chi connectivity index (χ4n) is 4.96. The van der Waals surface area contributed by atoms with Crippen molar-refractivity contribution < 1.29 is 45.8 Å². The monoisotopic (exact) mass is 627 g/mol. The maximum atomic E-state index is 13.6. The summed E-state index contributed by atoms with van der Waals surface area (Å²) in [6, 6.07) is 5.69. The Bertz CT molecular complexity index is 1630. The standard InChI is InChI=1S/C27H23F6N5O4S/c1-42-25(41)35-18-9-19(13-39)37(12-18)24-36-23(40)22(43-24)7-14-2-5-21-16(6-14)10-34-38(21)11-15-3-4-17(26(28,29)30)8-20(15)27(31,32)33/h2-8,10,18-19,39H,9,11-13H2,1H3,(H,35,41)/b22-7-/t18-,19-/m1/s1. The highest BCUT2D eigenvalue weighted by atomic mass is 32.2. The topological polar surface area (TPSA) is 109 Å². The summed E-state index contributed by atoms with van der Waals surface area (Å²) in [5.74, 6) is -0.501. The smallest absolute Gasteiger partial charge is 0.416 e. The SMILES string of the molecule is COC(=O)N[C@@H]1C[C@H](CO)N(C2=NC(=O)/C(=C/c3ccc4c(cnn4Cc4ccc(C(F)(F)F)cc4C(F)(F)F)c3)S2)C1. The number of hydrogen-bond donors (Lipinski definition) is 2. The van der Waals surface area contributed by atoms with E-state index in [0.29, 0.717) is 45.6 Å². The molecular formula is C27H23F6N5O4S. The number of halogens is 6. The maximum Gasteiger partial charge on any atom is 0.416 e. The zero-order valence-electron chi connectivity index (χ0n) is 22.2. The Morgan fingerprint density at radius 3 is 2.60 bits per heavy atom. The van der Waals surface area contributed by atoms with Crippen molar-refractivity contribution in [2.75, 3.05) is 20.3 Å². The summed E-state index contributed by atoms with van der Waals surface area (Å²) in [4.78, 5) is 30.4. The minimum atomic E-state index is -5.00. The van der Waals surface area contributed by atoms with Crippen molar-refractivity contribution in [2.24, 2.45) is 4.99 Å². The number of benzene rings is 2. The van der Waals surface area contributed by atoms with Crippen LogP contribution in [0.5, 0.6) is 0 Å². The molecule has 43 heavy (non-hydrogen) atoms. The molecule has 1 aromatic heterocycles. The molecule has 0 unspecified atom stereocenters. The van der Waals surface area contributed by atoms with Gasteiger partial charge in [0, 0.05) is 11.9 Å². The van der Waals surface area contributed by atoms with Gasteiger partial charge in [-0.2, -0.15) is 36.4 Å². The Labute approximate surface area is 244 Å². The van der Waals surface area contributed by atoms with Gasteiger partial charge in [0.2, 0.25) is 0 Å². The number of aliphatic imine (C=N–C) groups is 1. The van der Waals surface area contributed by atoms with Gasteiger partial charge in [-0.15, -0.1) is 0 Å². The highest BCUT2D eigenvalue weighted by Crippen LogP contribution is 2.38. The number of fused-ring (bicyclic) bond motifs is 1. The van der Waals surface area contributed by atoms with Crippen LogP contribution in [0.4, 0.5) is 31.1 Å². The number of aromatic nitrogens is 2. The Morgan fingerprint density at radius 1 is 1.16 bits per heavy atom. The molecule has 2 amide bonds. The summed E-state index contributed by atoms with van der Waals surface area (Å²) in [6.45, 7) is -0.327. The van der Waals surface area contributed by atoms with E-state index in [1.807, 2.05) is 0 Å². The maximum absolute atomic E-state index is 13.6. The zero-order valence-corrected chi connectivity index (χ0v) is 23.1. The van der Waals surface area contributed by atoms with Crippen LogP contribution < -0.4 is 5.32 Å². The van der Waals surface area contributed by atoms with Crippen molar-refractivity contribution in [2.45, 2.75) is 37.4 Å². The molecule has 2 aromatic carbocycles. The third-order valence-corrected chi connectivity index (χ3v) is 8.03. The third-order valence-electron chi connectivity index (χ3n) is 7.01. The molecule has 16 heteroatoms. The predicted octanol–water partition coefficient (Wildman–Crippen LogP) is 4.88. The van der Waals surface area contributed by atoms with Gasteiger partial charge in [-0.3, -0.25) is 9.48 Å². The Balaban J connectivity index is 1.34. The number of ether oxygens (including phenoxy) is 1. The lowest BCUT2D eigenvalue weighted by Gasteiger charge is -2.23. The highest BCUT2D eigenvalue weighted by Gasteiger charge is 2.39. The van der Waals surface area contributed by atoms with Gasteiger partial charge in [-0.25, -0.2) is 4.79 Å². The van der Waals surface area contributed by atoms with Gasteiger partial charge >= 0.3 is 18.4 Å². The van der Waals surface area contributed by atoms with E-state index >= 15 is 0 Å². The van der Waals surface area contributed by atoms with Crippen LogP contribution in [0.3, 0.4) is 0 Å². The first-order valence-electron chi connectivity index (χ1n) is 12.7. The zero-order chi connectivity index (χ0) is 31.1. The lowest BCUT2D eigenvalue weighted by atomic mass is 10.0. The largest absolute Gasteiger partial charge is 0.453 e. The third kappa shape index (κ3) is 6.49. The molecule has 9 nitrogen and oxygen atoms in total. The minimum Gasteiger partial charge on any atom is -0.453 e. The number of aliphatic hydroxyl groups is 1. The fraction of sp³-hybridized carbons (Fsp3) is 0.333. The van der Waals surface area contributed by atoms with E-state index in [4.69, 9.17) is 0 Å². The van der Waals surface area contributed by atoms with Crippen LogP contribution in [0.15, 0.2) is 52.5 Å². The molecule has 3 aromatic rings. The van der Waals surface area contributed by atoms with E-state index in [9.17, 15) is 41.0 Å². The lowest BCUT2D eigenvalue weighted by molar-refractivity contribution is -0.143. The summed E-state index contributed by atoms with van der Waals surface area (Å²) in [5, 5.41) is 17.5. The quantitative estimate of drug-likeness (QED) is 0.307. The second kappa shape index (κ2) is 11.6. The normalized spacial score (nSPS) is 20.3. The number of likely N-dealkylation sites (tertiary alicyclic amines) is 1. The van der Waals surface area contributed by atoms with E-state index in [-0.39, 0.29) is 30.3 Å². The summed E-state index contributed by atoms with van der Waals surface area (Å²) >= 11 is 1.10. The van der Waals surface area contributed by atoms with Crippen LogP contribution >= 0.6 is 11.8 Å². The van der Waals surface area contributed by atoms with Gasteiger partial charge in [0.05, 0.1) is 60.1 Å². The summed E-state index contributed by atoms with van der Waals surface area (Å²) < 4.78 is 85.8. The number of nitrogens with one attached hydrogen (secondary N) is 1. The van der Waals surface area contributed by atoms with Gasteiger partial charge in [0.25, 0.3) is 5.91 Å². The number of carbonyl (C=O) groups is 2. The number of amides is 2. The second-order valence-electron chi connectivity index (χ2n) is 9.86. The molecule has 0 spiro atoms. The number of aliphatic hydroxyl groups excluding tert-OH is 1. The lowest BCUT2D eigenvalue weighted by Crippen LogP contribution is -2.38. The second-order valence-corrected chi connectivity index (χ2v) is 10.9. The van der Waals surface area contributed by atoms with E-state index in [1.54, 1.807) is 29.2 Å². The molecule has 0 aliphatic carbocycles. The van der Waals surface area contributed by atoms with Crippen LogP contribution in [-0.4, -0.2) is 69.3 Å². The number of rotatable bonds is 5. The summed E-state index contributed by atoms with van der Waals surface area (Å²) in [5.41, 5.74) is -2.15. The van der Waals surface area contributed by atoms with Gasteiger partial charge in [-0.1, -0.05) is 12.1 Å². The van der Waals surface area contributed by atoms with E-state index in [0.717, 1.165) is 17.8 Å². The molecule has 1 fully saturated rings. The molecule has 0 radical (unpaired) electrons. The number of thioether (sulfide) groups is 1. The molecule has 1 saturated heterocycles. The number of nitrogens with zero attached hydrogens (tertiary/aromatic N) is 4. The predicted molar refractivity (Wildman–Crippen MR) is 145 cm³/mol. The molecule has 3 heterocycles. The molecule has 228 valence electrons. The average Bonchev–Trinajstić information content (AvgIpc) is 3.64. The number of alkyl carbamates (subject to hydrolysis) is 1. The molecule has 2 atom stereocenters. The number of hydrogen-bond acceptors (Lipinski definition) is 7. The minimum absolute atomic E-state index is 0.0959.